The van der Waals surface area contributed by atoms with Crippen LogP contribution in [0, 0.1) is 0 Å². The molecule has 0 atom stereocenters. The van der Waals surface area contributed by atoms with Crippen molar-refractivity contribution in [3.63, 3.8) is 0 Å². The molecule has 4 rings (SSSR count). The second-order valence-corrected chi connectivity index (χ2v) is 5.42. The fourth-order valence-electron chi connectivity index (χ4n) is 2.65. The highest BCUT2D eigenvalue weighted by atomic mass is 35.5. The number of hydrogen-bond acceptors (Lipinski definition) is 4. The second kappa shape index (κ2) is 4.74. The highest BCUT2D eigenvalue weighted by molar-refractivity contribution is 6.32. The van der Waals surface area contributed by atoms with Crippen LogP contribution in [-0.4, -0.2) is 16.3 Å². The molecular formula is C16H11ClN2O3. The van der Waals surface area contributed by atoms with Gasteiger partial charge in [-0.05, 0) is 24.3 Å². The third-order valence-corrected chi connectivity index (χ3v) is 3.99. The van der Waals surface area contributed by atoms with Gasteiger partial charge in [-0.2, -0.15) is 4.98 Å². The Morgan fingerprint density at radius 2 is 2.05 bits per heavy atom. The van der Waals surface area contributed by atoms with Gasteiger partial charge >= 0.3 is 0 Å². The minimum absolute atomic E-state index is 0.141. The third kappa shape index (κ3) is 1.86. The molecule has 0 N–H and O–H groups in total. The van der Waals surface area contributed by atoms with Gasteiger partial charge in [0.25, 0.3) is 5.56 Å². The summed E-state index contributed by atoms with van der Waals surface area (Å²) in [5.74, 6) is 1.62. The number of para-hydroxylation sites is 1. The fourth-order valence-corrected chi connectivity index (χ4v) is 2.91. The average Bonchev–Trinajstić information content (AvgIpc) is 3.00. The zero-order valence-electron chi connectivity index (χ0n) is 11.7. The Morgan fingerprint density at radius 3 is 2.91 bits per heavy atom. The summed E-state index contributed by atoms with van der Waals surface area (Å²) < 4.78 is 12.5. The lowest BCUT2D eigenvalue weighted by Crippen LogP contribution is -2.14. The molecule has 0 saturated heterocycles. The molecule has 0 unspecified atom stereocenters. The Kier molecular flexibility index (Phi) is 2.84. The number of aryl methyl sites for hydroxylation is 1. The molecule has 5 nitrogen and oxygen atoms in total. The number of hydrogen-bond donors (Lipinski definition) is 0. The van der Waals surface area contributed by atoms with Crippen molar-refractivity contribution in [3.8, 4) is 22.9 Å². The summed E-state index contributed by atoms with van der Waals surface area (Å²) in [7, 11) is 1.86. The Labute approximate surface area is 130 Å². The lowest BCUT2D eigenvalue weighted by Gasteiger charge is -2.12. The van der Waals surface area contributed by atoms with Crippen LogP contribution in [0.2, 0.25) is 5.02 Å². The van der Waals surface area contributed by atoms with E-state index in [1.807, 2.05) is 29.8 Å². The Hall–Kier alpha value is -2.53. The van der Waals surface area contributed by atoms with Crippen molar-refractivity contribution in [1.29, 1.82) is 0 Å². The standard InChI is InChI=1S/C16H11ClN2O3/c1-19-12-5-3-2-4-10(12)16(20)18-15(19)9-6-11(17)14-13(7-9)21-8-22-14/h2-7H,8H2,1H3. The number of benzene rings is 2. The fraction of sp³-hybridized carbons (Fsp3) is 0.125. The van der Waals surface area contributed by atoms with Crippen molar-refractivity contribution in [2.24, 2.45) is 7.05 Å². The van der Waals surface area contributed by atoms with Gasteiger partial charge in [-0.25, -0.2) is 0 Å². The van der Waals surface area contributed by atoms with E-state index in [4.69, 9.17) is 21.1 Å². The first-order valence-electron chi connectivity index (χ1n) is 6.70. The minimum atomic E-state index is -0.266. The van der Waals surface area contributed by atoms with Crippen molar-refractivity contribution in [1.82, 2.24) is 9.55 Å². The quantitative estimate of drug-likeness (QED) is 0.693. The van der Waals surface area contributed by atoms with Crippen LogP contribution < -0.4 is 15.0 Å². The maximum atomic E-state index is 12.2. The first kappa shape index (κ1) is 13.2. The molecule has 2 heterocycles. The predicted molar refractivity (Wildman–Crippen MR) is 83.6 cm³/mol. The summed E-state index contributed by atoms with van der Waals surface area (Å²) in [5, 5.41) is 1.02. The van der Waals surface area contributed by atoms with Gasteiger partial charge < -0.3 is 14.0 Å². The maximum absolute atomic E-state index is 12.2. The van der Waals surface area contributed by atoms with Crippen LogP contribution >= 0.6 is 11.6 Å². The van der Waals surface area contributed by atoms with Crippen molar-refractivity contribution in [3.05, 3.63) is 51.8 Å². The minimum Gasteiger partial charge on any atom is -0.454 e. The van der Waals surface area contributed by atoms with Crippen molar-refractivity contribution >= 4 is 22.5 Å². The SMILES string of the molecule is Cn1c(-c2cc(Cl)c3c(c2)OCO3)nc(=O)c2ccccc21. The van der Waals surface area contributed by atoms with Crippen LogP contribution in [0.25, 0.3) is 22.3 Å². The summed E-state index contributed by atoms with van der Waals surface area (Å²) in [6.07, 6.45) is 0. The van der Waals surface area contributed by atoms with Crippen LogP contribution in [0.4, 0.5) is 0 Å². The topological polar surface area (TPSA) is 53.4 Å². The van der Waals surface area contributed by atoms with E-state index in [0.717, 1.165) is 5.52 Å². The van der Waals surface area contributed by atoms with Gasteiger partial charge in [-0.3, -0.25) is 4.79 Å². The largest absolute Gasteiger partial charge is 0.454 e. The van der Waals surface area contributed by atoms with E-state index in [9.17, 15) is 4.79 Å². The molecule has 110 valence electrons. The second-order valence-electron chi connectivity index (χ2n) is 5.01. The monoisotopic (exact) mass is 314 g/mol. The predicted octanol–water partition coefficient (Wildman–Crippen LogP) is 2.98. The van der Waals surface area contributed by atoms with Gasteiger partial charge in [0.15, 0.2) is 11.5 Å². The molecule has 3 aromatic rings. The van der Waals surface area contributed by atoms with E-state index in [-0.39, 0.29) is 12.4 Å². The molecule has 6 heteroatoms. The number of halogens is 1. The summed E-state index contributed by atoms with van der Waals surface area (Å²) in [5.41, 5.74) is 1.25. The molecule has 1 aliphatic rings. The van der Waals surface area contributed by atoms with Crippen LogP contribution in [0.15, 0.2) is 41.2 Å². The van der Waals surface area contributed by atoms with Gasteiger partial charge in [-0.15, -0.1) is 0 Å². The van der Waals surface area contributed by atoms with E-state index in [2.05, 4.69) is 4.98 Å². The molecule has 0 radical (unpaired) electrons. The normalized spacial score (nSPS) is 12.8. The van der Waals surface area contributed by atoms with Crippen LogP contribution in [0.3, 0.4) is 0 Å². The molecule has 0 bridgehead atoms. The molecular weight excluding hydrogens is 304 g/mol. The van der Waals surface area contributed by atoms with E-state index >= 15 is 0 Å². The Bertz CT molecular complexity index is 965. The van der Waals surface area contributed by atoms with Crippen molar-refractivity contribution in [2.75, 3.05) is 6.79 Å². The zero-order valence-corrected chi connectivity index (χ0v) is 12.4. The van der Waals surface area contributed by atoms with Gasteiger partial charge in [-0.1, -0.05) is 23.7 Å². The number of fused-ring (bicyclic) bond motifs is 2. The van der Waals surface area contributed by atoms with E-state index in [1.165, 1.54) is 0 Å². The molecule has 1 aliphatic heterocycles. The highest BCUT2D eigenvalue weighted by Gasteiger charge is 2.20. The third-order valence-electron chi connectivity index (χ3n) is 3.71. The van der Waals surface area contributed by atoms with Crippen LogP contribution in [0.5, 0.6) is 11.5 Å². The van der Waals surface area contributed by atoms with E-state index in [1.54, 1.807) is 18.2 Å². The Balaban J connectivity index is 2.01. The molecule has 2 aromatic carbocycles. The van der Waals surface area contributed by atoms with Gasteiger partial charge in [0.05, 0.1) is 15.9 Å². The zero-order chi connectivity index (χ0) is 15.3. The lowest BCUT2D eigenvalue weighted by molar-refractivity contribution is 0.174. The molecule has 0 spiro atoms. The summed E-state index contributed by atoms with van der Waals surface area (Å²) >= 11 is 6.21. The maximum Gasteiger partial charge on any atom is 0.281 e. The summed E-state index contributed by atoms with van der Waals surface area (Å²) in [6, 6.07) is 10.9. The number of ether oxygens (including phenoxy) is 2. The van der Waals surface area contributed by atoms with E-state index in [0.29, 0.717) is 33.3 Å². The lowest BCUT2D eigenvalue weighted by atomic mass is 10.1. The Morgan fingerprint density at radius 1 is 1.23 bits per heavy atom. The molecule has 1 aromatic heterocycles. The number of aromatic nitrogens is 2. The van der Waals surface area contributed by atoms with Gasteiger partial charge in [0.2, 0.25) is 6.79 Å². The number of rotatable bonds is 1. The summed E-state index contributed by atoms with van der Waals surface area (Å²) in [4.78, 5) is 16.4. The molecule has 0 fully saturated rings. The number of nitrogens with zero attached hydrogens (tertiary/aromatic N) is 2. The summed E-state index contributed by atoms with van der Waals surface area (Å²) in [6.45, 7) is 0.141. The average molecular weight is 315 g/mol. The first-order chi connectivity index (χ1) is 10.6. The van der Waals surface area contributed by atoms with Crippen molar-refractivity contribution < 1.29 is 9.47 Å². The van der Waals surface area contributed by atoms with Gasteiger partial charge in [0, 0.05) is 12.6 Å². The van der Waals surface area contributed by atoms with E-state index < -0.39 is 0 Å². The van der Waals surface area contributed by atoms with Crippen molar-refractivity contribution in [2.45, 2.75) is 0 Å². The molecule has 0 amide bonds. The first-order valence-corrected chi connectivity index (χ1v) is 7.08. The van der Waals surface area contributed by atoms with Crippen LogP contribution in [-0.2, 0) is 7.05 Å². The molecule has 0 saturated carbocycles. The highest BCUT2D eigenvalue weighted by Crippen LogP contribution is 2.41. The smallest absolute Gasteiger partial charge is 0.281 e. The molecule has 22 heavy (non-hydrogen) atoms. The van der Waals surface area contributed by atoms with Crippen LogP contribution in [0.1, 0.15) is 0 Å². The van der Waals surface area contributed by atoms with Gasteiger partial charge in [0.1, 0.15) is 5.82 Å². The molecule has 0 aliphatic carbocycles.